The summed E-state index contributed by atoms with van der Waals surface area (Å²) in [6, 6.07) is 14.3. The van der Waals surface area contributed by atoms with Gasteiger partial charge in [-0.05, 0) is 50.2 Å². The molecule has 0 radical (unpaired) electrons. The van der Waals surface area contributed by atoms with Crippen LogP contribution in [0.25, 0.3) is 0 Å². The molecule has 1 heterocycles. The topological polar surface area (TPSA) is 70.1 Å². The molecule has 1 amide bonds. The minimum Gasteiger partial charge on any atom is -0.478 e. The zero-order valence-electron chi connectivity index (χ0n) is 15.9. The van der Waals surface area contributed by atoms with Gasteiger partial charge in [-0.25, -0.2) is 4.79 Å². The van der Waals surface area contributed by atoms with Gasteiger partial charge in [0.25, 0.3) is 5.91 Å². The van der Waals surface area contributed by atoms with Crippen LogP contribution in [0.5, 0.6) is 5.75 Å². The van der Waals surface area contributed by atoms with Crippen molar-refractivity contribution in [2.75, 3.05) is 31.1 Å². The molecule has 3 rings (SSSR count). The lowest BCUT2D eigenvalue weighted by atomic mass is 10.1. The van der Waals surface area contributed by atoms with E-state index in [2.05, 4.69) is 4.90 Å². The lowest BCUT2D eigenvalue weighted by Crippen LogP contribution is -2.48. The quantitative estimate of drug-likeness (QED) is 0.828. The van der Waals surface area contributed by atoms with Crippen LogP contribution in [0.3, 0.4) is 0 Å². The predicted molar refractivity (Wildman–Crippen MR) is 108 cm³/mol. The summed E-state index contributed by atoms with van der Waals surface area (Å²) in [5.41, 5.74) is 0.268. The van der Waals surface area contributed by atoms with Crippen LogP contribution >= 0.6 is 11.6 Å². The third-order valence-corrected chi connectivity index (χ3v) is 4.98. The first-order valence-corrected chi connectivity index (χ1v) is 9.46. The van der Waals surface area contributed by atoms with E-state index in [0.29, 0.717) is 42.5 Å². The summed E-state index contributed by atoms with van der Waals surface area (Å²) >= 11 is 5.88. The monoisotopic (exact) mass is 402 g/mol. The molecule has 7 heteroatoms. The number of amides is 1. The van der Waals surface area contributed by atoms with Crippen molar-refractivity contribution in [3.05, 3.63) is 59.1 Å². The number of hydrogen-bond donors (Lipinski definition) is 1. The van der Waals surface area contributed by atoms with Crippen molar-refractivity contribution in [1.82, 2.24) is 4.90 Å². The number of carboxylic acids is 1. The molecule has 1 aliphatic heterocycles. The molecule has 1 fully saturated rings. The number of ether oxygens (including phenoxy) is 1. The van der Waals surface area contributed by atoms with Crippen molar-refractivity contribution in [2.45, 2.75) is 19.4 Å². The maximum atomic E-state index is 12.6. The maximum Gasteiger partial charge on any atom is 0.347 e. The first kappa shape index (κ1) is 20.0. The van der Waals surface area contributed by atoms with Crippen molar-refractivity contribution in [3.63, 3.8) is 0 Å². The summed E-state index contributed by atoms with van der Waals surface area (Å²) in [6.45, 7) is 5.61. The van der Waals surface area contributed by atoms with Gasteiger partial charge in [-0.1, -0.05) is 17.7 Å². The fraction of sp³-hybridized carbons (Fsp3) is 0.333. The Kier molecular flexibility index (Phi) is 5.79. The average molecular weight is 403 g/mol. The van der Waals surface area contributed by atoms with Crippen LogP contribution < -0.4 is 9.64 Å². The first-order chi connectivity index (χ1) is 13.3. The highest BCUT2D eigenvalue weighted by Gasteiger charge is 2.29. The molecule has 148 valence electrons. The molecule has 0 aromatic heterocycles. The maximum absolute atomic E-state index is 12.6. The molecule has 1 saturated heterocycles. The molecule has 2 aromatic carbocycles. The Hall–Kier alpha value is -2.73. The van der Waals surface area contributed by atoms with Crippen LogP contribution in [-0.4, -0.2) is 53.7 Å². The Morgan fingerprint density at radius 3 is 2.29 bits per heavy atom. The minimum absolute atomic E-state index is 0.00314. The molecule has 0 spiro atoms. The molecular formula is C21H23ClN2O4. The number of carbonyl (C=O) groups is 2. The molecule has 28 heavy (non-hydrogen) atoms. The van der Waals surface area contributed by atoms with Gasteiger partial charge in [-0.3, -0.25) is 4.79 Å². The van der Waals surface area contributed by atoms with Crippen molar-refractivity contribution in [2.24, 2.45) is 0 Å². The Morgan fingerprint density at radius 2 is 1.68 bits per heavy atom. The van der Waals surface area contributed by atoms with Gasteiger partial charge in [0.05, 0.1) is 0 Å². The molecule has 0 atom stereocenters. The van der Waals surface area contributed by atoms with Gasteiger partial charge >= 0.3 is 5.97 Å². The van der Waals surface area contributed by atoms with E-state index < -0.39 is 11.6 Å². The normalized spacial score (nSPS) is 14.7. The van der Waals surface area contributed by atoms with Gasteiger partial charge in [0, 0.05) is 48.5 Å². The Bertz CT molecular complexity index is 859. The van der Waals surface area contributed by atoms with Gasteiger partial charge in [0.2, 0.25) is 0 Å². The summed E-state index contributed by atoms with van der Waals surface area (Å²) in [5.74, 6) is -0.520. The smallest absolute Gasteiger partial charge is 0.347 e. The van der Waals surface area contributed by atoms with Crippen LogP contribution in [-0.2, 0) is 4.79 Å². The highest BCUT2D eigenvalue weighted by Crippen LogP contribution is 2.26. The summed E-state index contributed by atoms with van der Waals surface area (Å²) in [7, 11) is 0. The number of piperazine rings is 1. The van der Waals surface area contributed by atoms with Gasteiger partial charge in [-0.2, -0.15) is 0 Å². The summed E-state index contributed by atoms with van der Waals surface area (Å²) < 4.78 is 5.62. The summed E-state index contributed by atoms with van der Waals surface area (Å²) in [5, 5.41) is 9.84. The molecule has 0 saturated carbocycles. The molecule has 2 aromatic rings. The number of anilines is 1. The molecule has 6 nitrogen and oxygen atoms in total. The predicted octanol–water partition coefficient (Wildman–Crippen LogP) is 3.54. The van der Waals surface area contributed by atoms with Crippen molar-refractivity contribution in [3.8, 4) is 5.75 Å². The van der Waals surface area contributed by atoms with Crippen LogP contribution in [0.2, 0.25) is 5.02 Å². The van der Waals surface area contributed by atoms with E-state index in [4.69, 9.17) is 16.3 Å². The SMILES string of the molecule is CC(C)(Oc1cccc(N2CCN(C(=O)c3ccc(Cl)cc3)CC2)c1)C(=O)O. The summed E-state index contributed by atoms with van der Waals surface area (Å²) in [6.07, 6.45) is 0. The first-order valence-electron chi connectivity index (χ1n) is 9.08. The Labute approximate surface area is 169 Å². The number of carbonyl (C=O) groups excluding carboxylic acids is 1. The number of benzene rings is 2. The largest absolute Gasteiger partial charge is 0.478 e. The van der Waals surface area contributed by atoms with Crippen molar-refractivity contribution < 1.29 is 19.4 Å². The van der Waals surface area contributed by atoms with Crippen LogP contribution in [0, 0.1) is 0 Å². The van der Waals surface area contributed by atoms with Gasteiger partial charge in [-0.15, -0.1) is 0 Å². The van der Waals surface area contributed by atoms with E-state index in [1.165, 1.54) is 13.8 Å². The number of hydrogen-bond acceptors (Lipinski definition) is 4. The second-order valence-corrected chi connectivity index (χ2v) is 7.64. The van der Waals surface area contributed by atoms with E-state index in [-0.39, 0.29) is 5.91 Å². The number of nitrogens with zero attached hydrogens (tertiary/aromatic N) is 2. The number of carboxylic acid groups (broad SMARTS) is 1. The zero-order valence-corrected chi connectivity index (χ0v) is 16.6. The second kappa shape index (κ2) is 8.10. The van der Waals surface area contributed by atoms with Crippen LogP contribution in [0.4, 0.5) is 5.69 Å². The third-order valence-electron chi connectivity index (χ3n) is 4.73. The van der Waals surface area contributed by atoms with Gasteiger partial charge in [0.1, 0.15) is 5.75 Å². The average Bonchev–Trinajstić information content (AvgIpc) is 2.68. The van der Waals surface area contributed by atoms with E-state index in [1.54, 1.807) is 30.3 Å². The Balaban J connectivity index is 1.63. The van der Waals surface area contributed by atoms with E-state index in [0.717, 1.165) is 5.69 Å². The third kappa shape index (κ3) is 4.57. The van der Waals surface area contributed by atoms with Crippen molar-refractivity contribution >= 4 is 29.2 Å². The Morgan fingerprint density at radius 1 is 1.04 bits per heavy atom. The highest BCUT2D eigenvalue weighted by atomic mass is 35.5. The number of aliphatic carboxylic acids is 1. The molecule has 0 aliphatic carbocycles. The highest BCUT2D eigenvalue weighted by molar-refractivity contribution is 6.30. The molecule has 0 bridgehead atoms. The standard InChI is InChI=1S/C21H23ClN2O4/c1-21(2,20(26)27)28-18-5-3-4-17(14-18)23-10-12-24(13-11-23)19(25)15-6-8-16(22)9-7-15/h3-9,14H,10-13H2,1-2H3,(H,26,27). The van der Waals surface area contributed by atoms with E-state index in [1.807, 2.05) is 23.1 Å². The van der Waals surface area contributed by atoms with Crippen LogP contribution in [0.1, 0.15) is 24.2 Å². The van der Waals surface area contributed by atoms with E-state index >= 15 is 0 Å². The second-order valence-electron chi connectivity index (χ2n) is 7.20. The molecule has 0 unspecified atom stereocenters. The summed E-state index contributed by atoms with van der Waals surface area (Å²) in [4.78, 5) is 27.9. The number of rotatable bonds is 5. The molecule has 1 aliphatic rings. The van der Waals surface area contributed by atoms with E-state index in [9.17, 15) is 14.7 Å². The molecule has 1 N–H and O–H groups in total. The lowest BCUT2D eigenvalue weighted by molar-refractivity contribution is -0.152. The fourth-order valence-electron chi connectivity index (χ4n) is 3.02. The van der Waals surface area contributed by atoms with Crippen LogP contribution in [0.15, 0.2) is 48.5 Å². The molecular weight excluding hydrogens is 380 g/mol. The van der Waals surface area contributed by atoms with Gasteiger partial charge in [0.15, 0.2) is 5.60 Å². The van der Waals surface area contributed by atoms with Crippen molar-refractivity contribution in [1.29, 1.82) is 0 Å². The zero-order chi connectivity index (χ0) is 20.3. The van der Waals surface area contributed by atoms with Gasteiger partial charge < -0.3 is 19.6 Å². The minimum atomic E-state index is -1.30. The number of halogens is 1. The lowest BCUT2D eigenvalue weighted by Gasteiger charge is -2.36. The fourth-order valence-corrected chi connectivity index (χ4v) is 3.15.